The fourth-order valence-corrected chi connectivity index (χ4v) is 2.35. The highest BCUT2D eigenvalue weighted by Crippen LogP contribution is 2.17. The maximum atomic E-state index is 5.62. The second-order valence-corrected chi connectivity index (χ2v) is 4.87. The lowest BCUT2D eigenvalue weighted by Crippen LogP contribution is -2.45. The molecule has 1 atom stereocenters. The lowest BCUT2D eigenvalue weighted by atomic mass is 10.2. The zero-order valence-electron chi connectivity index (χ0n) is 11.1. The summed E-state index contributed by atoms with van der Waals surface area (Å²) in [6, 6.07) is 8.88. The molecule has 1 N–H and O–H groups in total. The van der Waals surface area contributed by atoms with Crippen LogP contribution in [0.1, 0.15) is 6.92 Å². The Balaban J connectivity index is 1.54. The summed E-state index contributed by atoms with van der Waals surface area (Å²) >= 11 is 0. The summed E-state index contributed by atoms with van der Waals surface area (Å²) in [4.78, 5) is 6.81. The summed E-state index contributed by atoms with van der Waals surface area (Å²) < 4.78 is 11.0. The summed E-state index contributed by atoms with van der Waals surface area (Å²) in [7, 11) is 0. The Bertz CT molecular complexity index is 507. The first-order valence-electron chi connectivity index (χ1n) is 6.74. The molecule has 1 aliphatic heterocycles. The molecular weight excluding hydrogens is 242 g/mol. The molecule has 102 valence electrons. The molecule has 0 radical (unpaired) electrons. The van der Waals surface area contributed by atoms with Gasteiger partial charge >= 0.3 is 0 Å². The van der Waals surface area contributed by atoms with Crippen molar-refractivity contribution in [2.75, 3.05) is 38.2 Å². The SMILES string of the molecule is CC1COCCN1CCNc1nc2ccccc2o1. The van der Waals surface area contributed by atoms with Gasteiger partial charge in [0.1, 0.15) is 5.52 Å². The summed E-state index contributed by atoms with van der Waals surface area (Å²) in [6.07, 6.45) is 0. The van der Waals surface area contributed by atoms with E-state index in [1.807, 2.05) is 24.3 Å². The number of hydrogen-bond acceptors (Lipinski definition) is 5. The molecular formula is C14H19N3O2. The van der Waals surface area contributed by atoms with E-state index in [9.17, 15) is 0 Å². The molecule has 0 spiro atoms. The normalized spacial score (nSPS) is 20.8. The Labute approximate surface area is 112 Å². The fraction of sp³-hybridized carbons (Fsp3) is 0.500. The Morgan fingerprint density at radius 1 is 1.42 bits per heavy atom. The zero-order chi connectivity index (χ0) is 13.1. The van der Waals surface area contributed by atoms with Gasteiger partial charge in [-0.15, -0.1) is 0 Å². The molecule has 1 saturated heterocycles. The van der Waals surface area contributed by atoms with Crippen molar-refractivity contribution in [3.8, 4) is 0 Å². The molecule has 1 aliphatic rings. The summed E-state index contributed by atoms with van der Waals surface area (Å²) in [5.74, 6) is 0. The highest BCUT2D eigenvalue weighted by atomic mass is 16.5. The van der Waals surface area contributed by atoms with Crippen LogP contribution in [0.4, 0.5) is 6.01 Å². The van der Waals surface area contributed by atoms with Gasteiger partial charge in [-0.2, -0.15) is 4.98 Å². The third kappa shape index (κ3) is 2.88. The van der Waals surface area contributed by atoms with E-state index in [2.05, 4.69) is 22.1 Å². The largest absolute Gasteiger partial charge is 0.424 e. The topological polar surface area (TPSA) is 50.5 Å². The van der Waals surface area contributed by atoms with Gasteiger partial charge in [0, 0.05) is 25.7 Å². The van der Waals surface area contributed by atoms with Crippen molar-refractivity contribution < 1.29 is 9.15 Å². The molecule has 0 aliphatic carbocycles. The van der Waals surface area contributed by atoms with Crippen molar-refractivity contribution in [1.29, 1.82) is 0 Å². The van der Waals surface area contributed by atoms with E-state index in [4.69, 9.17) is 9.15 Å². The van der Waals surface area contributed by atoms with Crippen LogP contribution in [0, 0.1) is 0 Å². The second kappa shape index (κ2) is 5.59. The van der Waals surface area contributed by atoms with Crippen molar-refractivity contribution in [2.45, 2.75) is 13.0 Å². The van der Waals surface area contributed by atoms with Crippen molar-refractivity contribution in [2.24, 2.45) is 0 Å². The minimum atomic E-state index is 0.485. The van der Waals surface area contributed by atoms with Gasteiger partial charge in [-0.25, -0.2) is 0 Å². The minimum absolute atomic E-state index is 0.485. The number of para-hydroxylation sites is 2. The molecule has 0 amide bonds. The van der Waals surface area contributed by atoms with Crippen LogP contribution < -0.4 is 5.32 Å². The molecule has 5 nitrogen and oxygen atoms in total. The number of rotatable bonds is 4. The number of nitrogens with zero attached hydrogens (tertiary/aromatic N) is 2. The van der Waals surface area contributed by atoms with Crippen LogP contribution in [0.2, 0.25) is 0 Å². The predicted molar refractivity (Wildman–Crippen MR) is 74.4 cm³/mol. The Morgan fingerprint density at radius 2 is 2.32 bits per heavy atom. The maximum Gasteiger partial charge on any atom is 0.295 e. The number of anilines is 1. The van der Waals surface area contributed by atoms with Crippen molar-refractivity contribution in [1.82, 2.24) is 9.88 Å². The van der Waals surface area contributed by atoms with Gasteiger partial charge in [0.2, 0.25) is 0 Å². The molecule has 19 heavy (non-hydrogen) atoms. The van der Waals surface area contributed by atoms with Crippen molar-refractivity contribution in [3.05, 3.63) is 24.3 Å². The van der Waals surface area contributed by atoms with Gasteiger partial charge in [-0.1, -0.05) is 12.1 Å². The smallest absolute Gasteiger partial charge is 0.295 e. The molecule has 0 saturated carbocycles. The van der Waals surface area contributed by atoms with Gasteiger partial charge in [0.05, 0.1) is 13.2 Å². The molecule has 1 unspecified atom stereocenters. The average molecular weight is 261 g/mol. The van der Waals surface area contributed by atoms with Crippen LogP contribution in [0.5, 0.6) is 0 Å². The number of ether oxygens (including phenoxy) is 1. The van der Waals surface area contributed by atoms with Crippen LogP contribution in [0.3, 0.4) is 0 Å². The number of morpholine rings is 1. The first-order valence-corrected chi connectivity index (χ1v) is 6.74. The highest BCUT2D eigenvalue weighted by molar-refractivity contribution is 5.74. The molecule has 3 rings (SSSR count). The van der Waals surface area contributed by atoms with Crippen LogP contribution in [0.15, 0.2) is 28.7 Å². The monoisotopic (exact) mass is 261 g/mol. The van der Waals surface area contributed by atoms with E-state index >= 15 is 0 Å². The zero-order valence-corrected chi connectivity index (χ0v) is 11.1. The molecule has 5 heteroatoms. The van der Waals surface area contributed by atoms with Crippen LogP contribution >= 0.6 is 0 Å². The first kappa shape index (κ1) is 12.4. The summed E-state index contributed by atoms with van der Waals surface area (Å²) in [5, 5.41) is 3.24. The number of fused-ring (bicyclic) bond motifs is 1. The highest BCUT2D eigenvalue weighted by Gasteiger charge is 2.17. The fourth-order valence-electron chi connectivity index (χ4n) is 2.35. The summed E-state index contributed by atoms with van der Waals surface area (Å²) in [5.41, 5.74) is 1.72. The standard InChI is InChI=1S/C14H19N3O2/c1-11-10-18-9-8-17(11)7-6-15-14-16-12-4-2-3-5-13(12)19-14/h2-5,11H,6-10H2,1H3,(H,15,16). The van der Waals surface area contributed by atoms with E-state index in [0.717, 1.165) is 43.9 Å². The number of oxazole rings is 1. The average Bonchev–Trinajstić information content (AvgIpc) is 2.83. The maximum absolute atomic E-state index is 5.62. The third-order valence-electron chi connectivity index (χ3n) is 3.47. The third-order valence-corrected chi connectivity index (χ3v) is 3.47. The lowest BCUT2D eigenvalue weighted by molar-refractivity contribution is 0.00177. The molecule has 0 bridgehead atoms. The van der Waals surface area contributed by atoms with E-state index < -0.39 is 0 Å². The van der Waals surface area contributed by atoms with Crippen LogP contribution in [0.25, 0.3) is 11.1 Å². The molecule has 1 aromatic heterocycles. The van der Waals surface area contributed by atoms with Gasteiger partial charge < -0.3 is 14.5 Å². The number of nitrogens with one attached hydrogen (secondary N) is 1. The van der Waals surface area contributed by atoms with Gasteiger partial charge in [-0.3, -0.25) is 4.90 Å². The predicted octanol–water partition coefficient (Wildman–Crippen LogP) is 1.96. The number of benzene rings is 1. The van der Waals surface area contributed by atoms with Crippen molar-refractivity contribution >= 4 is 17.1 Å². The van der Waals surface area contributed by atoms with E-state index in [1.54, 1.807) is 0 Å². The Morgan fingerprint density at radius 3 is 3.16 bits per heavy atom. The van der Waals surface area contributed by atoms with E-state index in [1.165, 1.54) is 0 Å². The lowest BCUT2D eigenvalue weighted by Gasteiger charge is -2.33. The summed E-state index contributed by atoms with van der Waals surface area (Å²) in [6.45, 7) is 6.64. The van der Waals surface area contributed by atoms with Gasteiger partial charge in [-0.05, 0) is 19.1 Å². The van der Waals surface area contributed by atoms with Gasteiger partial charge in [0.15, 0.2) is 5.58 Å². The number of aromatic nitrogens is 1. The second-order valence-electron chi connectivity index (χ2n) is 4.87. The molecule has 1 fully saturated rings. The Kier molecular flexibility index (Phi) is 3.66. The molecule has 2 aromatic rings. The van der Waals surface area contributed by atoms with Crippen molar-refractivity contribution in [3.63, 3.8) is 0 Å². The van der Waals surface area contributed by atoms with E-state index in [-0.39, 0.29) is 0 Å². The number of hydrogen-bond donors (Lipinski definition) is 1. The first-order chi connectivity index (χ1) is 9.33. The molecule has 1 aromatic carbocycles. The molecule has 2 heterocycles. The van der Waals surface area contributed by atoms with E-state index in [0.29, 0.717) is 12.1 Å². The van der Waals surface area contributed by atoms with Crippen LogP contribution in [-0.4, -0.2) is 48.8 Å². The Hall–Kier alpha value is -1.59. The van der Waals surface area contributed by atoms with Gasteiger partial charge in [0.25, 0.3) is 6.01 Å². The minimum Gasteiger partial charge on any atom is -0.424 e. The van der Waals surface area contributed by atoms with Crippen LogP contribution in [-0.2, 0) is 4.74 Å². The quantitative estimate of drug-likeness (QED) is 0.911.